The van der Waals surface area contributed by atoms with Gasteiger partial charge in [-0.25, -0.2) is 9.59 Å². The fourth-order valence-electron chi connectivity index (χ4n) is 2.72. The maximum absolute atomic E-state index is 12.4. The molecule has 1 amide bonds. The number of alkyl carbamates (subject to hydrolysis) is 1. The number of hydrogen-bond donors (Lipinski definition) is 1. The Morgan fingerprint density at radius 1 is 1.21 bits per heavy atom. The first kappa shape index (κ1) is 22.7. The van der Waals surface area contributed by atoms with Gasteiger partial charge in [0.1, 0.15) is 11.6 Å². The molecule has 1 atom stereocenters. The number of nitrogens with zero attached hydrogens (tertiary/aromatic N) is 1. The number of carbonyl (C=O) groups excluding carboxylic acids is 2. The molecule has 1 aromatic heterocycles. The predicted molar refractivity (Wildman–Crippen MR) is 114 cm³/mol. The number of carbonyl (C=O) groups is 2. The van der Waals surface area contributed by atoms with Gasteiger partial charge in [-0.3, -0.25) is 4.79 Å². The number of rotatable bonds is 5. The molecule has 1 unspecified atom stereocenters. The first-order valence-electron chi connectivity index (χ1n) is 9.03. The van der Waals surface area contributed by atoms with E-state index < -0.39 is 23.7 Å². The largest absolute Gasteiger partial charge is 0.467 e. The number of benzene rings is 1. The number of halogens is 1. The standard InChI is InChI=1S/C21H25BrN2O5/c1-21(2,3)29-20(27)23-17(19(26)28-5)10-13-6-8-14(9-7-13)16-11-15(22)12-24(4)18(16)25/h6-9,11-12,17H,10H2,1-5H3,(H,23,27). The van der Waals surface area contributed by atoms with Crippen LogP contribution in [0.5, 0.6) is 0 Å². The van der Waals surface area contributed by atoms with Crippen LogP contribution in [0.25, 0.3) is 11.1 Å². The highest BCUT2D eigenvalue weighted by molar-refractivity contribution is 9.10. The van der Waals surface area contributed by atoms with Crippen molar-refractivity contribution in [1.29, 1.82) is 0 Å². The zero-order valence-corrected chi connectivity index (χ0v) is 18.7. The summed E-state index contributed by atoms with van der Waals surface area (Å²) in [6, 6.07) is 8.10. The van der Waals surface area contributed by atoms with E-state index in [0.717, 1.165) is 15.6 Å². The van der Waals surface area contributed by atoms with Gasteiger partial charge < -0.3 is 19.4 Å². The van der Waals surface area contributed by atoms with Crippen LogP contribution in [0.4, 0.5) is 4.79 Å². The average Bonchev–Trinajstić information content (AvgIpc) is 2.62. The quantitative estimate of drug-likeness (QED) is 0.684. The Morgan fingerprint density at radius 2 is 1.83 bits per heavy atom. The number of amides is 1. The molecule has 0 radical (unpaired) electrons. The lowest BCUT2D eigenvalue weighted by Gasteiger charge is -2.22. The minimum atomic E-state index is -0.889. The molecule has 1 aromatic carbocycles. The summed E-state index contributed by atoms with van der Waals surface area (Å²) in [6.45, 7) is 5.22. The lowest BCUT2D eigenvalue weighted by atomic mass is 10.0. The number of aromatic nitrogens is 1. The van der Waals surface area contributed by atoms with E-state index in [0.29, 0.717) is 5.56 Å². The number of pyridine rings is 1. The van der Waals surface area contributed by atoms with Crippen LogP contribution in [-0.4, -0.2) is 35.4 Å². The Bertz CT molecular complexity index is 945. The van der Waals surface area contributed by atoms with Crippen molar-refractivity contribution in [2.45, 2.75) is 38.8 Å². The predicted octanol–water partition coefficient (Wildman–Crippen LogP) is 3.42. The lowest BCUT2D eigenvalue weighted by molar-refractivity contribution is -0.143. The number of methoxy groups -OCH3 is 1. The molecule has 0 spiro atoms. The van der Waals surface area contributed by atoms with Gasteiger partial charge in [0.25, 0.3) is 5.56 Å². The van der Waals surface area contributed by atoms with Gasteiger partial charge in [0.2, 0.25) is 0 Å². The van der Waals surface area contributed by atoms with Gasteiger partial charge >= 0.3 is 12.1 Å². The molecule has 156 valence electrons. The van der Waals surface area contributed by atoms with E-state index in [1.807, 2.05) is 12.1 Å². The first-order chi connectivity index (χ1) is 13.5. The summed E-state index contributed by atoms with van der Waals surface area (Å²) in [5, 5.41) is 2.55. The van der Waals surface area contributed by atoms with Crippen molar-refractivity contribution in [1.82, 2.24) is 9.88 Å². The maximum Gasteiger partial charge on any atom is 0.408 e. The van der Waals surface area contributed by atoms with E-state index in [1.165, 1.54) is 11.7 Å². The SMILES string of the molecule is COC(=O)C(Cc1ccc(-c2cc(Br)cn(C)c2=O)cc1)NC(=O)OC(C)(C)C. The summed E-state index contributed by atoms with van der Waals surface area (Å²) >= 11 is 3.40. The minimum absolute atomic E-state index is 0.111. The van der Waals surface area contributed by atoms with E-state index >= 15 is 0 Å². The van der Waals surface area contributed by atoms with Crippen molar-refractivity contribution >= 4 is 28.0 Å². The van der Waals surface area contributed by atoms with E-state index in [4.69, 9.17) is 9.47 Å². The molecule has 2 rings (SSSR count). The van der Waals surface area contributed by atoms with Crippen LogP contribution in [-0.2, 0) is 27.7 Å². The van der Waals surface area contributed by atoms with Crippen molar-refractivity contribution in [3.05, 3.63) is 56.9 Å². The van der Waals surface area contributed by atoms with Crippen LogP contribution in [0.15, 0.2) is 45.8 Å². The third-order valence-electron chi connectivity index (χ3n) is 4.03. The van der Waals surface area contributed by atoms with Crippen molar-refractivity contribution < 1.29 is 19.1 Å². The molecule has 0 bridgehead atoms. The number of aryl methyl sites for hydroxylation is 1. The van der Waals surface area contributed by atoms with Gasteiger partial charge in [-0.2, -0.15) is 0 Å². The molecular formula is C21H25BrN2O5. The molecule has 0 aliphatic heterocycles. The van der Waals surface area contributed by atoms with Crippen molar-refractivity contribution in [3.8, 4) is 11.1 Å². The molecule has 0 saturated carbocycles. The fraction of sp³-hybridized carbons (Fsp3) is 0.381. The Kier molecular flexibility index (Phi) is 7.24. The Balaban J connectivity index is 2.20. The highest BCUT2D eigenvalue weighted by atomic mass is 79.9. The molecule has 8 heteroatoms. The zero-order chi connectivity index (χ0) is 21.8. The summed E-state index contributed by atoms with van der Waals surface area (Å²) in [5.41, 5.74) is 1.32. The molecule has 0 fully saturated rings. The van der Waals surface area contributed by atoms with E-state index in [1.54, 1.807) is 52.2 Å². The number of hydrogen-bond acceptors (Lipinski definition) is 5. The summed E-state index contributed by atoms with van der Waals surface area (Å²) in [4.78, 5) is 36.5. The molecule has 0 aliphatic rings. The van der Waals surface area contributed by atoms with Gasteiger partial charge in [0.05, 0.1) is 7.11 Å². The monoisotopic (exact) mass is 464 g/mol. The second-order valence-electron chi connectivity index (χ2n) is 7.61. The number of esters is 1. The van der Waals surface area contributed by atoms with Crippen LogP contribution in [0.1, 0.15) is 26.3 Å². The van der Waals surface area contributed by atoms with Gasteiger partial charge in [0, 0.05) is 29.7 Å². The van der Waals surface area contributed by atoms with Crippen LogP contribution in [0.2, 0.25) is 0 Å². The van der Waals surface area contributed by atoms with Crippen LogP contribution in [0, 0.1) is 0 Å². The van der Waals surface area contributed by atoms with E-state index in [2.05, 4.69) is 21.2 Å². The second-order valence-corrected chi connectivity index (χ2v) is 8.53. The third-order valence-corrected chi connectivity index (χ3v) is 4.47. The van der Waals surface area contributed by atoms with Crippen LogP contribution in [0.3, 0.4) is 0 Å². The normalized spacial score (nSPS) is 12.2. The second kappa shape index (κ2) is 9.26. The smallest absolute Gasteiger partial charge is 0.408 e. The highest BCUT2D eigenvalue weighted by Crippen LogP contribution is 2.20. The summed E-state index contributed by atoms with van der Waals surface area (Å²) in [7, 11) is 2.95. The molecule has 29 heavy (non-hydrogen) atoms. The number of ether oxygens (including phenoxy) is 2. The van der Waals surface area contributed by atoms with Gasteiger partial charge in [-0.1, -0.05) is 24.3 Å². The molecule has 1 heterocycles. The van der Waals surface area contributed by atoms with Crippen molar-refractivity contribution in [3.63, 3.8) is 0 Å². The Hall–Kier alpha value is -2.61. The minimum Gasteiger partial charge on any atom is -0.467 e. The molecule has 1 N–H and O–H groups in total. The van der Waals surface area contributed by atoms with Gasteiger partial charge in [0.15, 0.2) is 0 Å². The third kappa shape index (κ3) is 6.45. The number of nitrogens with one attached hydrogen (secondary N) is 1. The van der Waals surface area contributed by atoms with Crippen molar-refractivity contribution in [2.75, 3.05) is 7.11 Å². The zero-order valence-electron chi connectivity index (χ0n) is 17.1. The van der Waals surface area contributed by atoms with Gasteiger partial charge in [-0.05, 0) is 53.9 Å². The average molecular weight is 465 g/mol. The molecule has 7 nitrogen and oxygen atoms in total. The van der Waals surface area contributed by atoms with Crippen LogP contribution >= 0.6 is 15.9 Å². The van der Waals surface area contributed by atoms with Gasteiger partial charge in [-0.15, -0.1) is 0 Å². The first-order valence-corrected chi connectivity index (χ1v) is 9.82. The highest BCUT2D eigenvalue weighted by Gasteiger charge is 2.25. The Labute approximate surface area is 178 Å². The summed E-state index contributed by atoms with van der Waals surface area (Å²) in [5.74, 6) is -0.569. The summed E-state index contributed by atoms with van der Waals surface area (Å²) < 4.78 is 12.3. The molecule has 2 aromatic rings. The molecular weight excluding hydrogens is 440 g/mol. The van der Waals surface area contributed by atoms with Crippen molar-refractivity contribution in [2.24, 2.45) is 7.05 Å². The fourth-order valence-corrected chi connectivity index (χ4v) is 3.25. The summed E-state index contributed by atoms with van der Waals surface area (Å²) in [6.07, 6.45) is 1.23. The molecule has 0 aliphatic carbocycles. The lowest BCUT2D eigenvalue weighted by Crippen LogP contribution is -2.45. The topological polar surface area (TPSA) is 86.6 Å². The van der Waals surface area contributed by atoms with E-state index in [9.17, 15) is 14.4 Å². The van der Waals surface area contributed by atoms with Crippen LogP contribution < -0.4 is 10.9 Å². The maximum atomic E-state index is 12.4. The van der Waals surface area contributed by atoms with E-state index in [-0.39, 0.29) is 12.0 Å². The molecule has 0 saturated heterocycles. The Morgan fingerprint density at radius 3 is 2.38 bits per heavy atom.